The van der Waals surface area contributed by atoms with Gasteiger partial charge in [0.15, 0.2) is 0 Å². The second kappa shape index (κ2) is 4.65. The molecule has 1 spiro atoms. The maximum Gasteiger partial charge on any atom is 0.0959 e. The zero-order chi connectivity index (χ0) is 15.8. The van der Waals surface area contributed by atoms with Gasteiger partial charge in [0.2, 0.25) is 0 Å². The van der Waals surface area contributed by atoms with E-state index in [1.165, 1.54) is 44.3 Å². The second-order valence-electron chi connectivity index (χ2n) is 9.15. The van der Waals surface area contributed by atoms with Crippen molar-refractivity contribution in [3.05, 3.63) is 23.0 Å². The minimum Gasteiger partial charge on any atom is -0.501 e. The molecule has 0 aromatic heterocycles. The fourth-order valence-corrected chi connectivity index (χ4v) is 7.72. The van der Waals surface area contributed by atoms with E-state index in [9.17, 15) is 5.11 Å². The quantitative estimate of drug-likeness (QED) is 0.763. The highest BCUT2D eigenvalue weighted by atomic mass is 16.5. The van der Waals surface area contributed by atoms with Crippen LogP contribution in [0.2, 0.25) is 0 Å². The predicted octanol–water partition coefficient (Wildman–Crippen LogP) is 4.45. The number of hydrogen-bond donors (Lipinski definition) is 1. The van der Waals surface area contributed by atoms with Gasteiger partial charge in [-0.2, -0.15) is 0 Å². The third-order valence-electron chi connectivity index (χ3n) is 8.89. The summed E-state index contributed by atoms with van der Waals surface area (Å²) < 4.78 is 5.52. The van der Waals surface area contributed by atoms with Crippen molar-refractivity contribution in [1.29, 1.82) is 0 Å². The molecule has 0 bridgehead atoms. The summed E-state index contributed by atoms with van der Waals surface area (Å²) in [6.45, 7) is 2.95. The molecule has 0 radical (unpaired) electrons. The minimum atomic E-state index is 0.417. The summed E-state index contributed by atoms with van der Waals surface area (Å²) in [5.74, 6) is 4.42. The average molecular weight is 314 g/mol. The maximum absolute atomic E-state index is 9.91. The molecule has 0 unspecified atom stereocenters. The van der Waals surface area contributed by atoms with Crippen molar-refractivity contribution in [3.63, 3.8) is 0 Å². The Bertz CT molecular complexity index is 603. The Morgan fingerprint density at radius 3 is 3.00 bits per heavy atom. The van der Waals surface area contributed by atoms with Crippen LogP contribution < -0.4 is 0 Å². The normalized spacial score (nSPS) is 50.5. The van der Waals surface area contributed by atoms with Crippen LogP contribution in [0.1, 0.15) is 58.3 Å². The lowest BCUT2D eigenvalue weighted by molar-refractivity contribution is -0.0381. The SMILES string of the molecule is COC1=CCC2=C(CC[C@@H]3[C@@H]2CC[C@]2(C)[C@H](CO)C[C@H]4C[C@@]432)C1. The minimum absolute atomic E-state index is 0.417. The Labute approximate surface area is 140 Å². The van der Waals surface area contributed by atoms with Crippen molar-refractivity contribution in [2.24, 2.45) is 34.5 Å². The van der Waals surface area contributed by atoms with Crippen molar-refractivity contribution in [3.8, 4) is 0 Å². The summed E-state index contributed by atoms with van der Waals surface area (Å²) in [4.78, 5) is 0. The van der Waals surface area contributed by atoms with Crippen LogP contribution in [0.3, 0.4) is 0 Å². The number of allylic oxidation sites excluding steroid dienone is 3. The number of ether oxygens (including phenoxy) is 1. The highest BCUT2D eigenvalue weighted by Gasteiger charge is 2.76. The molecule has 5 rings (SSSR count). The fourth-order valence-electron chi connectivity index (χ4n) is 7.72. The number of methoxy groups -OCH3 is 1. The Morgan fingerprint density at radius 1 is 1.35 bits per heavy atom. The number of hydrogen-bond acceptors (Lipinski definition) is 2. The van der Waals surface area contributed by atoms with Gasteiger partial charge in [0.1, 0.15) is 0 Å². The zero-order valence-corrected chi connectivity index (χ0v) is 14.6. The lowest BCUT2D eigenvalue weighted by Crippen LogP contribution is -2.47. The molecule has 6 atom stereocenters. The summed E-state index contributed by atoms with van der Waals surface area (Å²) in [5.41, 5.74) is 4.51. The van der Waals surface area contributed by atoms with E-state index < -0.39 is 0 Å². The van der Waals surface area contributed by atoms with Crippen molar-refractivity contribution in [1.82, 2.24) is 0 Å². The van der Waals surface area contributed by atoms with Crippen LogP contribution >= 0.6 is 0 Å². The van der Waals surface area contributed by atoms with Gasteiger partial charge in [0.05, 0.1) is 12.9 Å². The highest BCUT2D eigenvalue weighted by Crippen LogP contribution is 2.82. The molecule has 0 aromatic rings. The van der Waals surface area contributed by atoms with Crippen LogP contribution in [0.4, 0.5) is 0 Å². The largest absolute Gasteiger partial charge is 0.501 e. The van der Waals surface area contributed by atoms with Crippen LogP contribution in [0.5, 0.6) is 0 Å². The summed E-state index contributed by atoms with van der Waals surface area (Å²) in [6.07, 6.45) is 12.7. The topological polar surface area (TPSA) is 29.5 Å². The maximum atomic E-state index is 9.91. The van der Waals surface area contributed by atoms with Gasteiger partial charge in [-0.05, 0) is 85.5 Å². The van der Waals surface area contributed by atoms with Crippen molar-refractivity contribution in [2.45, 2.75) is 58.3 Å². The van der Waals surface area contributed by atoms with Gasteiger partial charge in [-0.25, -0.2) is 0 Å². The van der Waals surface area contributed by atoms with E-state index >= 15 is 0 Å². The highest BCUT2D eigenvalue weighted by molar-refractivity contribution is 5.36. The zero-order valence-electron chi connectivity index (χ0n) is 14.6. The van der Waals surface area contributed by atoms with Gasteiger partial charge in [-0.1, -0.05) is 18.1 Å². The number of fused-ring (bicyclic) bond motifs is 2. The Hall–Kier alpha value is -0.760. The first kappa shape index (κ1) is 14.6. The molecule has 0 amide bonds. The molecule has 0 heterocycles. The van der Waals surface area contributed by atoms with E-state index in [1.807, 2.05) is 7.11 Å². The van der Waals surface area contributed by atoms with Crippen LogP contribution in [0, 0.1) is 34.5 Å². The molecule has 2 heteroatoms. The van der Waals surface area contributed by atoms with Crippen molar-refractivity contribution in [2.75, 3.05) is 13.7 Å². The van der Waals surface area contributed by atoms with Gasteiger partial charge in [-0.15, -0.1) is 0 Å². The number of aliphatic hydroxyl groups is 1. The van der Waals surface area contributed by atoms with Gasteiger partial charge in [0, 0.05) is 13.0 Å². The molecule has 0 aromatic carbocycles. The van der Waals surface area contributed by atoms with E-state index in [-0.39, 0.29) is 0 Å². The first-order valence-corrected chi connectivity index (χ1v) is 9.68. The number of rotatable bonds is 2. The van der Waals surface area contributed by atoms with E-state index in [4.69, 9.17) is 4.74 Å². The smallest absolute Gasteiger partial charge is 0.0959 e. The van der Waals surface area contributed by atoms with Crippen LogP contribution in [0.15, 0.2) is 23.0 Å². The summed E-state index contributed by atoms with van der Waals surface area (Å²) in [6, 6.07) is 0. The molecule has 23 heavy (non-hydrogen) atoms. The molecule has 1 N–H and O–H groups in total. The summed E-state index contributed by atoms with van der Waals surface area (Å²) >= 11 is 0. The summed E-state index contributed by atoms with van der Waals surface area (Å²) in [7, 11) is 1.82. The van der Waals surface area contributed by atoms with Crippen molar-refractivity contribution >= 4 is 0 Å². The molecule has 0 aliphatic heterocycles. The van der Waals surface area contributed by atoms with E-state index in [0.717, 1.165) is 30.6 Å². The first-order valence-electron chi connectivity index (χ1n) is 9.68. The summed E-state index contributed by atoms with van der Waals surface area (Å²) in [5, 5.41) is 9.91. The fraction of sp³-hybridized carbons (Fsp3) is 0.810. The third kappa shape index (κ3) is 1.64. The Kier molecular flexibility index (Phi) is 2.95. The molecule has 3 fully saturated rings. The second-order valence-corrected chi connectivity index (χ2v) is 9.15. The number of aliphatic hydroxyl groups excluding tert-OH is 1. The molecule has 5 aliphatic rings. The average Bonchev–Trinajstić information content (AvgIpc) is 3.24. The third-order valence-corrected chi connectivity index (χ3v) is 8.89. The van der Waals surface area contributed by atoms with E-state index in [2.05, 4.69) is 13.0 Å². The van der Waals surface area contributed by atoms with Crippen LogP contribution in [-0.4, -0.2) is 18.8 Å². The molecule has 2 nitrogen and oxygen atoms in total. The monoisotopic (exact) mass is 314 g/mol. The molecule has 0 saturated heterocycles. The van der Waals surface area contributed by atoms with Gasteiger partial charge in [-0.3, -0.25) is 0 Å². The van der Waals surface area contributed by atoms with E-state index in [1.54, 1.807) is 11.1 Å². The van der Waals surface area contributed by atoms with Crippen LogP contribution in [-0.2, 0) is 4.74 Å². The lowest BCUT2D eigenvalue weighted by Gasteiger charge is -2.54. The lowest BCUT2D eigenvalue weighted by atomic mass is 9.50. The molecule has 126 valence electrons. The van der Waals surface area contributed by atoms with Gasteiger partial charge in [0.25, 0.3) is 0 Å². The molecular formula is C21H30O2. The molecule has 3 saturated carbocycles. The van der Waals surface area contributed by atoms with Crippen LogP contribution in [0.25, 0.3) is 0 Å². The molecule has 5 aliphatic carbocycles. The first-order chi connectivity index (χ1) is 11.1. The predicted molar refractivity (Wildman–Crippen MR) is 90.6 cm³/mol. The standard InChI is InChI=1S/C21H30O2/c1-20-8-7-18-17-5-4-16(23-2)9-13(17)3-6-19(18)21(20)11-14(21)10-15(20)12-22/h4,14-15,18-19,22H,3,5-12H2,1-2H3/t14-,15-,18+,19+,20+,21+/m0/s1. The van der Waals surface area contributed by atoms with Crippen molar-refractivity contribution < 1.29 is 9.84 Å². The van der Waals surface area contributed by atoms with Gasteiger partial charge >= 0.3 is 0 Å². The van der Waals surface area contributed by atoms with E-state index in [0.29, 0.717) is 23.4 Å². The Balaban J connectivity index is 1.48. The molecular weight excluding hydrogens is 284 g/mol. The Morgan fingerprint density at radius 2 is 2.22 bits per heavy atom. The van der Waals surface area contributed by atoms with Gasteiger partial charge < -0.3 is 9.84 Å².